The molecule has 2 heterocycles. The van der Waals surface area contributed by atoms with E-state index >= 15 is 0 Å². The minimum absolute atomic E-state index is 0.0469. The van der Waals surface area contributed by atoms with Gasteiger partial charge in [-0.15, -0.1) is 10.2 Å². The standard InChI is InChI=1S/C18H23N3O3S2/c1-4-13-5-7-14(8-6-13)16(22)12(2)25-18-20-19-17(21(18)3)15-9-10-26(23,24)11-15/h5-8,12,15H,4,9-11H2,1-3H3. The van der Waals surface area contributed by atoms with Gasteiger partial charge in [0.05, 0.1) is 16.8 Å². The van der Waals surface area contributed by atoms with Crippen LogP contribution in [0.2, 0.25) is 0 Å². The number of hydrogen-bond donors (Lipinski definition) is 0. The third kappa shape index (κ3) is 4.01. The van der Waals surface area contributed by atoms with E-state index in [4.69, 9.17) is 0 Å². The first-order valence-electron chi connectivity index (χ1n) is 8.70. The van der Waals surface area contributed by atoms with Crippen LogP contribution in [-0.4, -0.2) is 45.7 Å². The highest BCUT2D eigenvalue weighted by atomic mass is 32.2. The van der Waals surface area contributed by atoms with Crippen molar-refractivity contribution >= 4 is 27.4 Å². The fourth-order valence-corrected chi connectivity index (χ4v) is 5.77. The SMILES string of the molecule is CCc1ccc(C(=O)C(C)Sc2nnc(C3CCS(=O)(=O)C3)n2C)cc1. The van der Waals surface area contributed by atoms with Gasteiger partial charge >= 0.3 is 0 Å². The summed E-state index contributed by atoms with van der Waals surface area (Å²) in [5, 5.41) is 8.70. The highest BCUT2D eigenvalue weighted by molar-refractivity contribution is 8.00. The maximum Gasteiger partial charge on any atom is 0.191 e. The normalized spacial score (nSPS) is 20.2. The second-order valence-electron chi connectivity index (χ2n) is 6.67. The van der Waals surface area contributed by atoms with E-state index in [0.717, 1.165) is 6.42 Å². The van der Waals surface area contributed by atoms with E-state index in [1.807, 2.05) is 42.8 Å². The summed E-state index contributed by atoms with van der Waals surface area (Å²) in [4.78, 5) is 12.7. The van der Waals surface area contributed by atoms with Crippen LogP contribution in [0.4, 0.5) is 0 Å². The van der Waals surface area contributed by atoms with Crippen LogP contribution < -0.4 is 0 Å². The summed E-state index contributed by atoms with van der Waals surface area (Å²) in [6.45, 7) is 3.94. The predicted molar refractivity (Wildman–Crippen MR) is 102 cm³/mol. The van der Waals surface area contributed by atoms with Gasteiger partial charge in [-0.3, -0.25) is 4.79 Å². The lowest BCUT2D eigenvalue weighted by molar-refractivity contribution is 0.0994. The zero-order valence-corrected chi connectivity index (χ0v) is 16.8. The van der Waals surface area contributed by atoms with E-state index < -0.39 is 9.84 Å². The van der Waals surface area contributed by atoms with Gasteiger partial charge in [0, 0.05) is 18.5 Å². The Hall–Kier alpha value is -1.67. The second-order valence-corrected chi connectivity index (χ2v) is 10.2. The van der Waals surface area contributed by atoms with Crippen molar-refractivity contribution in [2.75, 3.05) is 11.5 Å². The van der Waals surface area contributed by atoms with Crippen LogP contribution in [0.15, 0.2) is 29.4 Å². The lowest BCUT2D eigenvalue weighted by atomic mass is 10.1. The average Bonchev–Trinajstić information content (AvgIpc) is 3.16. The number of rotatable bonds is 6. The largest absolute Gasteiger partial charge is 0.309 e. The quantitative estimate of drug-likeness (QED) is 0.554. The lowest BCUT2D eigenvalue weighted by Gasteiger charge is -2.11. The average molecular weight is 394 g/mol. The molecule has 1 fully saturated rings. The van der Waals surface area contributed by atoms with Crippen LogP contribution in [0.1, 0.15) is 47.9 Å². The summed E-state index contributed by atoms with van der Waals surface area (Å²) in [5.74, 6) is 0.947. The molecule has 1 aliphatic heterocycles. The van der Waals surface area contributed by atoms with Gasteiger partial charge in [0.25, 0.3) is 0 Å². The van der Waals surface area contributed by atoms with Crippen LogP contribution >= 0.6 is 11.8 Å². The first-order valence-corrected chi connectivity index (χ1v) is 11.4. The van der Waals surface area contributed by atoms with Gasteiger partial charge in [0.2, 0.25) is 0 Å². The Morgan fingerprint density at radius 1 is 1.31 bits per heavy atom. The zero-order valence-electron chi connectivity index (χ0n) is 15.2. The zero-order chi connectivity index (χ0) is 18.9. The van der Waals surface area contributed by atoms with Crippen molar-refractivity contribution in [3.05, 3.63) is 41.2 Å². The highest BCUT2D eigenvalue weighted by Gasteiger charge is 2.33. The van der Waals surface area contributed by atoms with Crippen molar-refractivity contribution in [3.63, 3.8) is 0 Å². The maximum absolute atomic E-state index is 12.7. The molecule has 3 rings (SSSR count). The summed E-state index contributed by atoms with van der Waals surface area (Å²) in [5.41, 5.74) is 1.89. The van der Waals surface area contributed by atoms with Gasteiger partial charge in [-0.05, 0) is 25.3 Å². The van der Waals surface area contributed by atoms with Crippen molar-refractivity contribution < 1.29 is 13.2 Å². The number of aryl methyl sites for hydroxylation is 1. The molecule has 1 aliphatic rings. The summed E-state index contributed by atoms with van der Waals surface area (Å²) in [6, 6.07) is 7.69. The molecule has 0 N–H and O–H groups in total. The molecular weight excluding hydrogens is 370 g/mol. The monoisotopic (exact) mass is 393 g/mol. The van der Waals surface area contributed by atoms with Crippen LogP contribution in [0.3, 0.4) is 0 Å². The van der Waals surface area contributed by atoms with E-state index in [-0.39, 0.29) is 28.5 Å². The lowest BCUT2D eigenvalue weighted by Crippen LogP contribution is -2.15. The van der Waals surface area contributed by atoms with Crippen molar-refractivity contribution in [1.29, 1.82) is 0 Å². The molecule has 1 aromatic heterocycles. The van der Waals surface area contributed by atoms with Crippen molar-refractivity contribution in [1.82, 2.24) is 14.8 Å². The molecule has 0 radical (unpaired) electrons. The van der Waals surface area contributed by atoms with Gasteiger partial charge in [-0.25, -0.2) is 8.42 Å². The summed E-state index contributed by atoms with van der Waals surface area (Å²) >= 11 is 1.35. The molecule has 8 heteroatoms. The second kappa shape index (κ2) is 7.52. The summed E-state index contributed by atoms with van der Waals surface area (Å²) in [6.07, 6.45) is 1.52. The van der Waals surface area contributed by atoms with E-state index in [9.17, 15) is 13.2 Å². The minimum atomic E-state index is -2.97. The number of nitrogens with zero attached hydrogens (tertiary/aromatic N) is 3. The molecule has 0 spiro atoms. The molecule has 2 aromatic rings. The third-order valence-electron chi connectivity index (χ3n) is 4.76. The number of aromatic nitrogens is 3. The van der Waals surface area contributed by atoms with Gasteiger partial charge < -0.3 is 4.57 Å². The molecule has 2 atom stereocenters. The molecule has 2 unspecified atom stereocenters. The number of benzene rings is 1. The molecule has 0 saturated carbocycles. The highest BCUT2D eigenvalue weighted by Crippen LogP contribution is 2.31. The Labute approximate surface area is 158 Å². The summed E-state index contributed by atoms with van der Waals surface area (Å²) < 4.78 is 25.2. The van der Waals surface area contributed by atoms with Crippen LogP contribution in [0.5, 0.6) is 0 Å². The molecular formula is C18H23N3O3S2. The Bertz CT molecular complexity index is 904. The molecule has 26 heavy (non-hydrogen) atoms. The smallest absolute Gasteiger partial charge is 0.191 e. The van der Waals surface area contributed by atoms with Crippen molar-refractivity contribution in [2.24, 2.45) is 7.05 Å². The van der Waals surface area contributed by atoms with Gasteiger partial charge in [0.1, 0.15) is 5.82 Å². The Kier molecular flexibility index (Phi) is 5.53. The Morgan fingerprint density at radius 3 is 2.58 bits per heavy atom. The number of thioether (sulfide) groups is 1. The molecule has 0 aliphatic carbocycles. The van der Waals surface area contributed by atoms with Crippen LogP contribution in [-0.2, 0) is 23.3 Å². The number of Topliss-reactive ketones (excluding diaryl/α,β-unsaturated/α-hetero) is 1. The molecule has 0 amide bonds. The summed E-state index contributed by atoms with van der Waals surface area (Å²) in [7, 11) is -1.14. The molecule has 1 aromatic carbocycles. The number of hydrogen-bond acceptors (Lipinski definition) is 6. The van der Waals surface area contributed by atoms with Gasteiger partial charge in [-0.1, -0.05) is 43.0 Å². The topological polar surface area (TPSA) is 81.9 Å². The van der Waals surface area contributed by atoms with Crippen molar-refractivity contribution in [3.8, 4) is 0 Å². The van der Waals surface area contributed by atoms with E-state index in [1.54, 1.807) is 0 Å². The number of carbonyl (C=O) groups excluding carboxylic acids is 1. The van der Waals surface area contributed by atoms with Crippen LogP contribution in [0.25, 0.3) is 0 Å². The van der Waals surface area contributed by atoms with Crippen LogP contribution in [0, 0.1) is 0 Å². The van der Waals surface area contributed by atoms with E-state index in [1.165, 1.54) is 17.3 Å². The fourth-order valence-electron chi connectivity index (χ4n) is 3.13. The van der Waals surface area contributed by atoms with E-state index in [2.05, 4.69) is 17.1 Å². The first-order chi connectivity index (χ1) is 12.3. The Balaban J connectivity index is 1.71. The molecule has 140 valence electrons. The van der Waals surface area contributed by atoms with Gasteiger partial charge in [0.15, 0.2) is 20.8 Å². The number of sulfone groups is 1. The fraction of sp³-hybridized carbons (Fsp3) is 0.500. The Morgan fingerprint density at radius 2 is 2.00 bits per heavy atom. The van der Waals surface area contributed by atoms with Gasteiger partial charge in [-0.2, -0.15) is 0 Å². The maximum atomic E-state index is 12.7. The molecule has 1 saturated heterocycles. The first kappa shape index (κ1) is 19.1. The van der Waals surface area contributed by atoms with E-state index in [0.29, 0.717) is 23.0 Å². The minimum Gasteiger partial charge on any atom is -0.309 e. The number of carbonyl (C=O) groups is 1. The molecule has 6 nitrogen and oxygen atoms in total. The predicted octanol–water partition coefficient (Wildman–Crippen LogP) is 2.64. The third-order valence-corrected chi connectivity index (χ3v) is 7.67. The number of ketones is 1. The molecule has 0 bridgehead atoms. The van der Waals surface area contributed by atoms with Crippen molar-refractivity contribution in [2.45, 2.75) is 43.0 Å².